The van der Waals surface area contributed by atoms with Crippen molar-refractivity contribution in [1.29, 1.82) is 0 Å². The number of morpholine rings is 1. The topological polar surface area (TPSA) is 49.8 Å². The molecule has 1 aromatic carbocycles. The predicted octanol–water partition coefficient (Wildman–Crippen LogP) is 2.06. The zero-order chi connectivity index (χ0) is 13.8. The van der Waals surface area contributed by atoms with Gasteiger partial charge in [0.25, 0.3) is 0 Å². The molecule has 0 aromatic heterocycles. The van der Waals surface area contributed by atoms with Gasteiger partial charge in [-0.25, -0.2) is 4.39 Å². The maximum atomic E-state index is 13.2. The lowest BCUT2D eigenvalue weighted by atomic mass is 10.1. The van der Waals surface area contributed by atoms with Gasteiger partial charge in [0.1, 0.15) is 11.9 Å². The van der Waals surface area contributed by atoms with Crippen molar-refractivity contribution in [1.82, 2.24) is 4.90 Å². The van der Waals surface area contributed by atoms with Crippen LogP contribution in [0.3, 0.4) is 0 Å². The van der Waals surface area contributed by atoms with E-state index in [4.69, 9.17) is 4.74 Å². The first-order valence-electron chi connectivity index (χ1n) is 6.45. The summed E-state index contributed by atoms with van der Waals surface area (Å²) < 4.78 is 18.8. The summed E-state index contributed by atoms with van der Waals surface area (Å²) in [5, 5.41) is 9.18. The molecule has 1 aromatic rings. The largest absolute Gasteiger partial charge is 0.480 e. The first-order chi connectivity index (χ1) is 9.11. The minimum absolute atomic E-state index is 0.266. The fourth-order valence-electron chi connectivity index (χ4n) is 2.45. The van der Waals surface area contributed by atoms with Gasteiger partial charge in [-0.15, -0.1) is 0 Å². The lowest BCUT2D eigenvalue weighted by Crippen LogP contribution is -2.48. The third-order valence-corrected chi connectivity index (χ3v) is 3.43. The van der Waals surface area contributed by atoms with Crippen molar-refractivity contribution in [2.75, 3.05) is 19.7 Å². The van der Waals surface area contributed by atoms with Crippen LogP contribution in [0.4, 0.5) is 4.39 Å². The van der Waals surface area contributed by atoms with Crippen LogP contribution in [-0.2, 0) is 9.53 Å². The second-order valence-electron chi connectivity index (χ2n) is 4.67. The Morgan fingerprint density at radius 3 is 3.05 bits per heavy atom. The number of benzene rings is 1. The van der Waals surface area contributed by atoms with E-state index in [1.165, 1.54) is 12.1 Å². The second kappa shape index (κ2) is 6.12. The summed E-state index contributed by atoms with van der Waals surface area (Å²) in [7, 11) is 0. The van der Waals surface area contributed by atoms with E-state index in [1.54, 1.807) is 12.1 Å². The molecule has 1 aliphatic rings. The Kier molecular flexibility index (Phi) is 4.50. The highest BCUT2D eigenvalue weighted by atomic mass is 19.1. The number of nitrogens with zero attached hydrogens (tertiary/aromatic N) is 1. The molecule has 1 fully saturated rings. The summed E-state index contributed by atoms with van der Waals surface area (Å²) in [6, 6.07) is 5.77. The fraction of sp³-hybridized carbons (Fsp3) is 0.500. The number of ether oxygens (including phenoxy) is 1. The van der Waals surface area contributed by atoms with Crippen LogP contribution in [0.2, 0.25) is 0 Å². The number of carbonyl (C=O) groups is 1. The van der Waals surface area contributed by atoms with Gasteiger partial charge >= 0.3 is 5.97 Å². The zero-order valence-corrected chi connectivity index (χ0v) is 10.9. The lowest BCUT2D eigenvalue weighted by molar-refractivity contribution is -0.147. The molecule has 2 rings (SSSR count). The Balaban J connectivity index is 2.10. The molecule has 0 unspecified atom stereocenters. The summed E-state index contributed by atoms with van der Waals surface area (Å²) in [4.78, 5) is 13.1. The number of rotatable bonds is 4. The van der Waals surface area contributed by atoms with Gasteiger partial charge in [0, 0.05) is 13.1 Å². The van der Waals surface area contributed by atoms with Crippen LogP contribution >= 0.6 is 0 Å². The van der Waals surface area contributed by atoms with E-state index < -0.39 is 12.0 Å². The molecule has 0 spiro atoms. The Bertz CT molecular complexity index is 452. The van der Waals surface area contributed by atoms with Gasteiger partial charge in [-0.3, -0.25) is 9.69 Å². The van der Waals surface area contributed by atoms with Crippen LogP contribution in [0.5, 0.6) is 0 Å². The highest BCUT2D eigenvalue weighted by Gasteiger charge is 2.30. The van der Waals surface area contributed by atoms with E-state index in [1.807, 2.05) is 11.8 Å². The molecule has 0 radical (unpaired) electrons. The highest BCUT2D eigenvalue weighted by molar-refractivity contribution is 5.73. The Hall–Kier alpha value is -1.46. The van der Waals surface area contributed by atoms with E-state index in [0.29, 0.717) is 26.1 Å². The molecule has 104 valence electrons. The van der Waals surface area contributed by atoms with Crippen LogP contribution in [0, 0.1) is 5.82 Å². The molecule has 5 heteroatoms. The van der Waals surface area contributed by atoms with Gasteiger partial charge < -0.3 is 9.84 Å². The van der Waals surface area contributed by atoms with Crippen molar-refractivity contribution in [2.24, 2.45) is 0 Å². The monoisotopic (exact) mass is 267 g/mol. The summed E-state index contributed by atoms with van der Waals surface area (Å²) in [6.07, 6.45) is 0.281. The second-order valence-corrected chi connectivity index (χ2v) is 4.67. The Morgan fingerprint density at radius 1 is 1.63 bits per heavy atom. The maximum absolute atomic E-state index is 13.2. The minimum atomic E-state index is -0.817. The summed E-state index contributed by atoms with van der Waals surface area (Å²) >= 11 is 0. The zero-order valence-electron chi connectivity index (χ0n) is 10.9. The number of hydrogen-bond acceptors (Lipinski definition) is 3. The van der Waals surface area contributed by atoms with Crippen molar-refractivity contribution >= 4 is 5.97 Å². The normalized spacial score (nSPS) is 22.1. The van der Waals surface area contributed by atoms with Gasteiger partial charge in [-0.1, -0.05) is 19.1 Å². The van der Waals surface area contributed by atoms with Crippen LogP contribution in [0.1, 0.15) is 25.0 Å². The smallest absolute Gasteiger partial charge is 0.320 e. The van der Waals surface area contributed by atoms with Gasteiger partial charge in [0.15, 0.2) is 0 Å². The number of hydrogen-bond donors (Lipinski definition) is 1. The number of carboxylic acid groups (broad SMARTS) is 1. The molecule has 1 aliphatic heterocycles. The molecular formula is C14H18FNO3. The number of carboxylic acids is 1. The Morgan fingerprint density at radius 2 is 2.42 bits per heavy atom. The van der Waals surface area contributed by atoms with Crippen LogP contribution < -0.4 is 0 Å². The molecule has 0 bridgehead atoms. The first kappa shape index (κ1) is 14.0. The predicted molar refractivity (Wildman–Crippen MR) is 68.4 cm³/mol. The van der Waals surface area contributed by atoms with Crippen LogP contribution in [0.15, 0.2) is 24.3 Å². The average Bonchev–Trinajstić information content (AvgIpc) is 2.39. The molecule has 0 amide bonds. The molecule has 1 saturated heterocycles. The number of aliphatic carboxylic acids is 1. The van der Waals surface area contributed by atoms with Crippen molar-refractivity contribution in [3.8, 4) is 0 Å². The third kappa shape index (κ3) is 3.30. The number of halogens is 1. The first-order valence-corrected chi connectivity index (χ1v) is 6.45. The summed E-state index contributed by atoms with van der Waals surface area (Å²) in [5.74, 6) is -1.12. The molecule has 0 saturated carbocycles. The van der Waals surface area contributed by atoms with Gasteiger partial charge in [-0.05, 0) is 24.1 Å². The quantitative estimate of drug-likeness (QED) is 0.907. The van der Waals surface area contributed by atoms with E-state index >= 15 is 0 Å². The van der Waals surface area contributed by atoms with E-state index in [2.05, 4.69) is 0 Å². The standard InChI is InChI=1S/C14H18FNO3/c1-2-12(14(17)18)16-6-7-19-13(9-16)10-4-3-5-11(15)8-10/h3-5,8,12-13H,2,6-7,9H2,1H3,(H,17,18)/t12-,13-/m1/s1. The molecule has 0 aliphatic carbocycles. The molecule has 19 heavy (non-hydrogen) atoms. The minimum Gasteiger partial charge on any atom is -0.480 e. The van der Waals surface area contributed by atoms with E-state index in [-0.39, 0.29) is 11.9 Å². The van der Waals surface area contributed by atoms with Crippen molar-refractivity contribution in [3.05, 3.63) is 35.6 Å². The van der Waals surface area contributed by atoms with Crippen molar-refractivity contribution in [3.63, 3.8) is 0 Å². The van der Waals surface area contributed by atoms with E-state index in [9.17, 15) is 14.3 Å². The molecule has 2 atom stereocenters. The molecular weight excluding hydrogens is 249 g/mol. The molecule has 1 N–H and O–H groups in total. The molecule has 1 heterocycles. The van der Waals surface area contributed by atoms with Crippen LogP contribution in [0.25, 0.3) is 0 Å². The lowest BCUT2D eigenvalue weighted by Gasteiger charge is -2.36. The van der Waals surface area contributed by atoms with Gasteiger partial charge in [0.05, 0.1) is 12.7 Å². The van der Waals surface area contributed by atoms with Crippen LogP contribution in [-0.4, -0.2) is 41.7 Å². The summed E-state index contributed by atoms with van der Waals surface area (Å²) in [5.41, 5.74) is 0.755. The highest BCUT2D eigenvalue weighted by Crippen LogP contribution is 2.24. The SMILES string of the molecule is CC[C@H](C(=O)O)N1CCO[C@@H](c2cccc(F)c2)C1. The summed E-state index contributed by atoms with van der Waals surface area (Å²) in [6.45, 7) is 3.39. The van der Waals surface area contributed by atoms with E-state index in [0.717, 1.165) is 5.56 Å². The van der Waals surface area contributed by atoms with Gasteiger partial charge in [0.2, 0.25) is 0 Å². The van der Waals surface area contributed by atoms with Crippen molar-refractivity contribution in [2.45, 2.75) is 25.5 Å². The molecule has 4 nitrogen and oxygen atoms in total. The maximum Gasteiger partial charge on any atom is 0.320 e. The Labute approximate surface area is 111 Å². The third-order valence-electron chi connectivity index (χ3n) is 3.43. The van der Waals surface area contributed by atoms with Crippen molar-refractivity contribution < 1.29 is 19.0 Å². The van der Waals surface area contributed by atoms with Gasteiger partial charge in [-0.2, -0.15) is 0 Å². The average molecular weight is 267 g/mol. The fourth-order valence-corrected chi connectivity index (χ4v) is 2.45.